The minimum atomic E-state index is -0.742. The summed E-state index contributed by atoms with van der Waals surface area (Å²) in [6.07, 6.45) is 3.15. The minimum Gasteiger partial charge on any atom is -0.389 e. The molecule has 2 N–H and O–H groups in total. The van der Waals surface area contributed by atoms with Crippen molar-refractivity contribution in [2.24, 2.45) is 5.92 Å². The number of hydrogen-bond donors (Lipinski definition) is 2. The van der Waals surface area contributed by atoms with Crippen LogP contribution in [0.25, 0.3) is 0 Å². The predicted octanol–water partition coefficient (Wildman–Crippen LogP) is 4.41. The largest absolute Gasteiger partial charge is 0.389 e. The van der Waals surface area contributed by atoms with E-state index in [1.807, 2.05) is 18.2 Å². The van der Waals surface area contributed by atoms with E-state index < -0.39 is 5.60 Å². The molecule has 0 unspecified atom stereocenters. The van der Waals surface area contributed by atoms with Gasteiger partial charge in [-0.25, -0.2) is 0 Å². The third-order valence-corrected chi connectivity index (χ3v) is 5.14. The maximum absolute atomic E-state index is 11.3. The van der Waals surface area contributed by atoms with Gasteiger partial charge in [0.15, 0.2) is 0 Å². The number of piperidine rings is 1. The topological polar surface area (TPSA) is 32.3 Å². The lowest BCUT2D eigenvalue weighted by molar-refractivity contribution is -0.0654. The molecule has 0 radical (unpaired) electrons. The Morgan fingerprint density at radius 3 is 2.22 bits per heavy atom. The number of hydrogen-bond acceptors (Lipinski definition) is 2. The summed E-state index contributed by atoms with van der Waals surface area (Å²) >= 11 is 0. The molecule has 0 amide bonds. The maximum Gasteiger partial charge on any atom is 0.0743 e. The van der Waals surface area contributed by atoms with Gasteiger partial charge in [0, 0.05) is 18.0 Å². The molecule has 120 valence electrons. The van der Waals surface area contributed by atoms with Crippen LogP contribution in [0.4, 0.5) is 0 Å². The average molecular weight is 307 g/mol. The minimum absolute atomic E-state index is 0.114. The van der Waals surface area contributed by atoms with Crippen LogP contribution in [0.1, 0.15) is 43.0 Å². The Hall–Kier alpha value is -1.90. The summed E-state index contributed by atoms with van der Waals surface area (Å²) in [4.78, 5) is 0. The van der Waals surface area contributed by atoms with Crippen LogP contribution in [-0.4, -0.2) is 10.7 Å². The Balaban J connectivity index is 1.97. The highest BCUT2D eigenvalue weighted by Crippen LogP contribution is 2.44. The summed E-state index contributed by atoms with van der Waals surface area (Å²) in [5, 5.41) is 15.0. The average Bonchev–Trinajstić information content (AvgIpc) is 2.59. The highest BCUT2D eigenvalue weighted by atomic mass is 16.3. The fraction of sp³-hybridized carbons (Fsp3) is 0.333. The Morgan fingerprint density at radius 1 is 1.09 bits per heavy atom. The monoisotopic (exact) mass is 307 g/mol. The molecule has 2 heteroatoms. The van der Waals surface area contributed by atoms with Crippen molar-refractivity contribution in [1.82, 2.24) is 5.32 Å². The van der Waals surface area contributed by atoms with Crippen LogP contribution in [0.2, 0.25) is 0 Å². The fourth-order valence-electron chi connectivity index (χ4n) is 3.73. The molecule has 2 nitrogen and oxygen atoms in total. The van der Waals surface area contributed by atoms with Gasteiger partial charge >= 0.3 is 0 Å². The van der Waals surface area contributed by atoms with Crippen molar-refractivity contribution in [2.45, 2.75) is 37.5 Å². The van der Waals surface area contributed by atoms with E-state index in [0.29, 0.717) is 12.8 Å². The van der Waals surface area contributed by atoms with Crippen molar-refractivity contribution >= 4 is 0 Å². The number of aliphatic hydroxyl groups is 1. The zero-order valence-corrected chi connectivity index (χ0v) is 13.7. The molecule has 1 aliphatic heterocycles. The molecule has 2 aromatic rings. The molecule has 23 heavy (non-hydrogen) atoms. The number of benzene rings is 2. The molecule has 0 bridgehead atoms. The molecule has 0 aliphatic carbocycles. The molecule has 0 spiro atoms. The second kappa shape index (κ2) is 6.69. The molecule has 2 aromatic carbocycles. The SMILES string of the molecule is C=CC[C@]1(O)C[C@H](c2ccccc2)N[C@@H](c2ccccc2)[C@H]1C. The van der Waals surface area contributed by atoms with Gasteiger partial charge in [-0.15, -0.1) is 6.58 Å². The summed E-state index contributed by atoms with van der Waals surface area (Å²) < 4.78 is 0. The molecule has 1 heterocycles. The second-order valence-corrected chi connectivity index (χ2v) is 6.61. The standard InChI is InChI=1S/C21H25NO/c1-3-14-21(23)15-19(17-10-6-4-7-11-17)22-20(16(21)2)18-12-8-5-9-13-18/h3-13,16,19-20,22-23H,1,14-15H2,2H3/t16-,19-,20-,21+/m1/s1. The molecule has 0 saturated carbocycles. The van der Waals surface area contributed by atoms with Crippen molar-refractivity contribution in [3.63, 3.8) is 0 Å². The van der Waals surface area contributed by atoms with Gasteiger partial charge in [0.1, 0.15) is 0 Å². The third kappa shape index (κ3) is 3.24. The molecule has 1 aliphatic rings. The molecule has 0 aromatic heterocycles. The lowest BCUT2D eigenvalue weighted by Crippen LogP contribution is -2.51. The Bertz CT molecular complexity index is 639. The Kier molecular flexibility index (Phi) is 4.65. The molecule has 4 atom stereocenters. The van der Waals surface area contributed by atoms with Gasteiger partial charge in [-0.3, -0.25) is 0 Å². The number of rotatable bonds is 4. The van der Waals surface area contributed by atoms with Crippen LogP contribution < -0.4 is 5.32 Å². The summed E-state index contributed by atoms with van der Waals surface area (Å²) in [7, 11) is 0. The van der Waals surface area contributed by atoms with Gasteiger partial charge in [0.25, 0.3) is 0 Å². The van der Waals surface area contributed by atoms with Crippen LogP contribution >= 0.6 is 0 Å². The third-order valence-electron chi connectivity index (χ3n) is 5.14. The fourth-order valence-corrected chi connectivity index (χ4v) is 3.73. The second-order valence-electron chi connectivity index (χ2n) is 6.61. The van der Waals surface area contributed by atoms with Crippen LogP contribution in [0.3, 0.4) is 0 Å². The Morgan fingerprint density at radius 2 is 1.65 bits per heavy atom. The summed E-state index contributed by atoms with van der Waals surface area (Å²) in [6.45, 7) is 5.98. The lowest BCUT2D eigenvalue weighted by atomic mass is 9.70. The van der Waals surface area contributed by atoms with Crippen molar-refractivity contribution in [3.05, 3.63) is 84.4 Å². The van der Waals surface area contributed by atoms with Crippen LogP contribution in [-0.2, 0) is 0 Å². The molecule has 1 saturated heterocycles. The molecule has 3 rings (SSSR count). The van der Waals surface area contributed by atoms with Crippen molar-refractivity contribution in [3.8, 4) is 0 Å². The van der Waals surface area contributed by atoms with Crippen LogP contribution in [0.5, 0.6) is 0 Å². The van der Waals surface area contributed by atoms with E-state index in [0.717, 1.165) is 0 Å². The summed E-state index contributed by atoms with van der Waals surface area (Å²) in [5.74, 6) is 0.114. The van der Waals surface area contributed by atoms with Gasteiger partial charge in [-0.1, -0.05) is 73.7 Å². The van der Waals surface area contributed by atoms with Crippen molar-refractivity contribution in [2.75, 3.05) is 0 Å². The van der Waals surface area contributed by atoms with E-state index in [4.69, 9.17) is 0 Å². The van der Waals surface area contributed by atoms with Crippen LogP contribution in [0.15, 0.2) is 73.3 Å². The predicted molar refractivity (Wildman–Crippen MR) is 95.0 cm³/mol. The summed E-state index contributed by atoms with van der Waals surface area (Å²) in [6, 6.07) is 21.1. The number of nitrogens with one attached hydrogen (secondary N) is 1. The zero-order chi connectivity index (χ0) is 16.3. The summed E-state index contributed by atoms with van der Waals surface area (Å²) in [5.41, 5.74) is 1.71. The smallest absolute Gasteiger partial charge is 0.0743 e. The maximum atomic E-state index is 11.3. The zero-order valence-electron chi connectivity index (χ0n) is 13.7. The van der Waals surface area contributed by atoms with Gasteiger partial charge in [-0.05, 0) is 24.0 Å². The van der Waals surface area contributed by atoms with E-state index in [2.05, 4.69) is 67.4 Å². The van der Waals surface area contributed by atoms with E-state index in [-0.39, 0.29) is 18.0 Å². The van der Waals surface area contributed by atoms with Gasteiger partial charge < -0.3 is 10.4 Å². The first-order valence-corrected chi connectivity index (χ1v) is 8.33. The van der Waals surface area contributed by atoms with Gasteiger partial charge in [0.2, 0.25) is 0 Å². The Labute approximate surface area is 138 Å². The normalized spacial score (nSPS) is 30.8. The molecular formula is C21H25NO. The molecular weight excluding hydrogens is 282 g/mol. The quantitative estimate of drug-likeness (QED) is 0.820. The highest BCUT2D eigenvalue weighted by molar-refractivity contribution is 5.26. The van der Waals surface area contributed by atoms with Gasteiger partial charge in [-0.2, -0.15) is 0 Å². The van der Waals surface area contributed by atoms with E-state index in [9.17, 15) is 5.11 Å². The van der Waals surface area contributed by atoms with E-state index in [1.54, 1.807) is 0 Å². The molecule has 1 fully saturated rings. The van der Waals surface area contributed by atoms with E-state index in [1.165, 1.54) is 11.1 Å². The first-order chi connectivity index (χ1) is 11.1. The van der Waals surface area contributed by atoms with Gasteiger partial charge in [0.05, 0.1) is 5.60 Å². The van der Waals surface area contributed by atoms with Crippen molar-refractivity contribution in [1.29, 1.82) is 0 Å². The highest BCUT2D eigenvalue weighted by Gasteiger charge is 2.45. The van der Waals surface area contributed by atoms with Crippen LogP contribution in [0, 0.1) is 5.92 Å². The first kappa shape index (κ1) is 16.0. The van der Waals surface area contributed by atoms with Crippen molar-refractivity contribution < 1.29 is 5.11 Å². The lowest BCUT2D eigenvalue weighted by Gasteiger charge is -2.47. The first-order valence-electron chi connectivity index (χ1n) is 8.33. The van der Waals surface area contributed by atoms with E-state index >= 15 is 0 Å².